The minimum absolute atomic E-state index is 0.227. The molecule has 8 rings (SSSR count). The number of carbonyl (C=O) groups is 4. The number of rotatable bonds is 9. The smallest absolute Gasteiger partial charge is 0.261 e. The summed E-state index contributed by atoms with van der Waals surface area (Å²) >= 11 is 0. The lowest BCUT2D eigenvalue weighted by Crippen LogP contribution is -2.41. The van der Waals surface area contributed by atoms with E-state index < -0.39 is 0 Å². The van der Waals surface area contributed by atoms with Crippen molar-refractivity contribution in [1.29, 1.82) is 0 Å². The normalized spacial score (nSPS) is 18.1. The van der Waals surface area contributed by atoms with E-state index >= 15 is 0 Å². The van der Waals surface area contributed by atoms with Crippen molar-refractivity contribution < 1.29 is 19.2 Å². The fraction of sp³-hybridized carbons (Fsp3) is 0.400. The number of anilines is 2. The molecular formula is C40H42N4O4. The van der Waals surface area contributed by atoms with Gasteiger partial charge in [0.1, 0.15) is 0 Å². The average molecular weight is 643 g/mol. The summed E-state index contributed by atoms with van der Waals surface area (Å²) in [6, 6.07) is 19.5. The van der Waals surface area contributed by atoms with E-state index in [1.807, 2.05) is 60.7 Å². The number of benzene rings is 4. The van der Waals surface area contributed by atoms with E-state index in [9.17, 15) is 19.2 Å². The van der Waals surface area contributed by atoms with Crippen LogP contribution in [0.1, 0.15) is 106 Å². The Morgan fingerprint density at radius 1 is 0.417 bits per heavy atom. The van der Waals surface area contributed by atoms with Crippen LogP contribution in [0.4, 0.5) is 11.4 Å². The number of imide groups is 2. The van der Waals surface area contributed by atoms with Crippen LogP contribution in [0.5, 0.6) is 0 Å². The lowest BCUT2D eigenvalue weighted by Gasteiger charge is -2.32. The number of nitrogens with zero attached hydrogens (tertiary/aromatic N) is 4. The Bertz CT molecular complexity index is 1770. The Morgan fingerprint density at radius 2 is 0.792 bits per heavy atom. The van der Waals surface area contributed by atoms with E-state index in [-0.39, 0.29) is 23.6 Å². The van der Waals surface area contributed by atoms with Gasteiger partial charge >= 0.3 is 0 Å². The Kier molecular flexibility index (Phi) is 8.11. The molecule has 0 bridgehead atoms. The fourth-order valence-electron chi connectivity index (χ4n) is 8.38. The standard InChI is InChI=1S/C40H42N4O4/c45-37-29-15-11-13-27-33(41-21-5-3-6-22-41)19-17-31(35(27)29)39(47)43(37)25-9-1-2-10-26-44-38(46)30-16-12-14-28-34(42-23-7-4-8-24-42)20-18-32(36(28)30)40(44)48/h11-20H,1-10,21-26H2. The van der Waals surface area contributed by atoms with Gasteiger partial charge in [-0.3, -0.25) is 29.0 Å². The van der Waals surface area contributed by atoms with Crippen molar-refractivity contribution in [2.75, 3.05) is 49.1 Å². The van der Waals surface area contributed by atoms with Gasteiger partial charge in [-0.2, -0.15) is 0 Å². The number of hydrogen-bond donors (Lipinski definition) is 0. The van der Waals surface area contributed by atoms with E-state index in [1.54, 1.807) is 0 Å². The predicted octanol–water partition coefficient (Wildman–Crippen LogP) is 7.43. The first kappa shape index (κ1) is 30.6. The lowest BCUT2D eigenvalue weighted by molar-refractivity contribution is 0.0586. The number of carbonyl (C=O) groups excluding carboxylic acids is 4. The summed E-state index contributed by atoms with van der Waals surface area (Å²) in [5.74, 6) is -0.909. The third kappa shape index (κ3) is 5.13. The molecule has 2 saturated heterocycles. The highest BCUT2D eigenvalue weighted by atomic mass is 16.2. The number of hydrogen-bond acceptors (Lipinski definition) is 6. The van der Waals surface area contributed by atoms with Crippen molar-refractivity contribution in [3.63, 3.8) is 0 Å². The van der Waals surface area contributed by atoms with Gasteiger partial charge in [0, 0.05) is 94.4 Å². The Labute approximate surface area is 281 Å². The van der Waals surface area contributed by atoms with Gasteiger partial charge in [-0.05, 0) is 87.8 Å². The van der Waals surface area contributed by atoms with Crippen molar-refractivity contribution in [3.8, 4) is 0 Å². The molecule has 8 nitrogen and oxygen atoms in total. The molecule has 0 unspecified atom stereocenters. The van der Waals surface area contributed by atoms with Crippen LogP contribution in [-0.2, 0) is 0 Å². The molecule has 0 N–H and O–H groups in total. The highest BCUT2D eigenvalue weighted by Gasteiger charge is 2.35. The van der Waals surface area contributed by atoms with Gasteiger partial charge in [-0.15, -0.1) is 0 Å². The predicted molar refractivity (Wildman–Crippen MR) is 189 cm³/mol. The van der Waals surface area contributed by atoms with E-state index in [0.29, 0.717) is 48.2 Å². The summed E-state index contributed by atoms with van der Waals surface area (Å²) < 4.78 is 0. The van der Waals surface area contributed by atoms with Gasteiger partial charge in [-0.1, -0.05) is 37.1 Å². The van der Waals surface area contributed by atoms with Crippen LogP contribution in [0.3, 0.4) is 0 Å². The molecule has 4 heterocycles. The molecule has 0 atom stereocenters. The molecular weight excluding hydrogens is 600 g/mol. The molecule has 4 aliphatic heterocycles. The first-order valence-corrected chi connectivity index (χ1v) is 17.9. The second-order valence-electron chi connectivity index (χ2n) is 13.8. The quantitative estimate of drug-likeness (QED) is 0.140. The molecule has 4 aromatic carbocycles. The molecule has 0 aliphatic carbocycles. The van der Waals surface area contributed by atoms with Gasteiger partial charge in [0.05, 0.1) is 0 Å². The van der Waals surface area contributed by atoms with Gasteiger partial charge in [-0.25, -0.2) is 0 Å². The highest BCUT2D eigenvalue weighted by Crippen LogP contribution is 2.38. The molecule has 8 heteroatoms. The van der Waals surface area contributed by atoms with Crippen LogP contribution >= 0.6 is 0 Å². The van der Waals surface area contributed by atoms with Crippen LogP contribution in [0.2, 0.25) is 0 Å². The number of piperidine rings is 2. The molecule has 4 aromatic rings. The zero-order valence-corrected chi connectivity index (χ0v) is 27.5. The van der Waals surface area contributed by atoms with E-state index in [0.717, 1.165) is 97.6 Å². The monoisotopic (exact) mass is 642 g/mol. The van der Waals surface area contributed by atoms with Gasteiger partial charge in [0.15, 0.2) is 0 Å². The molecule has 0 saturated carbocycles. The average Bonchev–Trinajstić information content (AvgIpc) is 3.13. The third-order valence-electron chi connectivity index (χ3n) is 10.8. The molecule has 0 aromatic heterocycles. The van der Waals surface area contributed by atoms with Gasteiger partial charge in [0.25, 0.3) is 23.6 Å². The van der Waals surface area contributed by atoms with Crippen molar-refractivity contribution in [1.82, 2.24) is 9.80 Å². The van der Waals surface area contributed by atoms with Crippen molar-refractivity contribution >= 4 is 56.5 Å². The van der Waals surface area contributed by atoms with Crippen LogP contribution < -0.4 is 9.80 Å². The summed E-state index contributed by atoms with van der Waals surface area (Å²) in [5, 5.41) is 3.53. The second kappa shape index (κ2) is 12.7. The Morgan fingerprint density at radius 3 is 1.19 bits per heavy atom. The van der Waals surface area contributed by atoms with Crippen LogP contribution in [0.25, 0.3) is 21.5 Å². The molecule has 0 spiro atoms. The molecule has 48 heavy (non-hydrogen) atoms. The maximum Gasteiger partial charge on any atom is 0.261 e. The molecule has 2 fully saturated rings. The topological polar surface area (TPSA) is 81.2 Å². The van der Waals surface area contributed by atoms with Crippen LogP contribution in [-0.4, -0.2) is 72.7 Å². The molecule has 0 radical (unpaired) electrons. The third-order valence-corrected chi connectivity index (χ3v) is 10.8. The highest BCUT2D eigenvalue weighted by molar-refractivity contribution is 6.28. The summed E-state index contributed by atoms with van der Waals surface area (Å²) in [6.45, 7) is 4.67. The zero-order chi connectivity index (χ0) is 32.8. The minimum atomic E-state index is -0.227. The maximum atomic E-state index is 13.6. The Balaban J connectivity index is 0.897. The van der Waals surface area contributed by atoms with Crippen molar-refractivity contribution in [3.05, 3.63) is 82.9 Å². The first-order valence-electron chi connectivity index (χ1n) is 17.9. The molecule has 4 amide bonds. The SMILES string of the molecule is O=C1c2cccc3c(N4CCCCC4)ccc(c23)C(=O)N1CCCCCCN1C(=O)c2cccc3c(N4CCCCC4)ccc(c23)C1=O. The van der Waals surface area contributed by atoms with Crippen molar-refractivity contribution in [2.45, 2.75) is 64.2 Å². The molecule has 246 valence electrons. The number of unbranched alkanes of at least 4 members (excludes halogenated alkanes) is 3. The summed E-state index contributed by atoms with van der Waals surface area (Å²) in [5.41, 5.74) is 4.61. The van der Waals surface area contributed by atoms with Gasteiger partial charge in [0.2, 0.25) is 0 Å². The molecule has 4 aliphatic rings. The first-order chi connectivity index (χ1) is 23.5. The van der Waals surface area contributed by atoms with E-state index in [1.165, 1.54) is 22.6 Å². The maximum absolute atomic E-state index is 13.6. The minimum Gasteiger partial charge on any atom is -0.371 e. The van der Waals surface area contributed by atoms with Crippen LogP contribution in [0.15, 0.2) is 60.7 Å². The Hall–Kier alpha value is -4.72. The second-order valence-corrected chi connectivity index (χ2v) is 13.8. The van der Waals surface area contributed by atoms with Crippen molar-refractivity contribution in [2.24, 2.45) is 0 Å². The van der Waals surface area contributed by atoms with E-state index in [2.05, 4.69) is 9.80 Å². The van der Waals surface area contributed by atoms with Gasteiger partial charge < -0.3 is 9.80 Å². The summed E-state index contributed by atoms with van der Waals surface area (Å²) in [7, 11) is 0. The van der Waals surface area contributed by atoms with E-state index in [4.69, 9.17) is 0 Å². The zero-order valence-electron chi connectivity index (χ0n) is 27.5. The summed E-state index contributed by atoms with van der Waals surface area (Å²) in [6.07, 6.45) is 10.00. The fourth-order valence-corrected chi connectivity index (χ4v) is 8.38. The lowest BCUT2D eigenvalue weighted by atomic mass is 9.92. The van der Waals surface area contributed by atoms with Crippen LogP contribution in [0, 0.1) is 0 Å². The largest absolute Gasteiger partial charge is 0.371 e. The number of amides is 4. The summed E-state index contributed by atoms with van der Waals surface area (Å²) in [4.78, 5) is 61.9.